The molecule has 0 N–H and O–H groups in total. The standard InChI is InChI=1S/C16H10F15/c1-2-3-4-8-9(12(19,20)15(26,27)28)5-7(11(17,18)14(23,24)25)6-10(8)13(21,22)16(29,30)31/h5-6H,1-4H2. The van der Waals surface area contributed by atoms with E-state index in [0.717, 1.165) is 0 Å². The van der Waals surface area contributed by atoms with Crippen LogP contribution < -0.4 is 0 Å². The largest absolute Gasteiger partial charge is 0.458 e. The highest BCUT2D eigenvalue weighted by atomic mass is 19.4. The molecule has 31 heavy (non-hydrogen) atoms. The Labute approximate surface area is 164 Å². The summed E-state index contributed by atoms with van der Waals surface area (Å²) >= 11 is 0. The molecular formula is C16H10F15. The number of halogens is 15. The second-order valence-corrected chi connectivity index (χ2v) is 6.22. The van der Waals surface area contributed by atoms with Crippen LogP contribution in [0.4, 0.5) is 65.9 Å². The van der Waals surface area contributed by atoms with Crippen molar-refractivity contribution < 1.29 is 65.9 Å². The van der Waals surface area contributed by atoms with Gasteiger partial charge in [-0.25, -0.2) is 0 Å². The zero-order chi connectivity index (χ0) is 24.8. The lowest BCUT2D eigenvalue weighted by Gasteiger charge is -2.30. The molecule has 179 valence electrons. The Bertz CT molecular complexity index is 733. The topological polar surface area (TPSA) is 0 Å². The van der Waals surface area contributed by atoms with Crippen molar-refractivity contribution in [2.75, 3.05) is 0 Å². The van der Waals surface area contributed by atoms with E-state index in [4.69, 9.17) is 0 Å². The Morgan fingerprint density at radius 1 is 0.548 bits per heavy atom. The molecule has 0 aliphatic carbocycles. The molecule has 0 heterocycles. The third-order valence-corrected chi connectivity index (χ3v) is 4.03. The zero-order valence-electron chi connectivity index (χ0n) is 14.7. The number of rotatable bonds is 6. The molecule has 0 bridgehead atoms. The summed E-state index contributed by atoms with van der Waals surface area (Å²) in [5, 5.41) is 0. The monoisotopic (exact) mass is 487 g/mol. The Morgan fingerprint density at radius 2 is 0.871 bits per heavy atom. The molecule has 0 aliphatic heterocycles. The Kier molecular flexibility index (Phi) is 6.97. The van der Waals surface area contributed by atoms with E-state index in [-0.39, 0.29) is 0 Å². The number of alkyl halides is 15. The molecular weight excluding hydrogens is 477 g/mol. The van der Waals surface area contributed by atoms with Crippen molar-refractivity contribution in [1.82, 2.24) is 0 Å². The van der Waals surface area contributed by atoms with E-state index in [1.165, 1.54) is 0 Å². The van der Waals surface area contributed by atoms with Gasteiger partial charge < -0.3 is 0 Å². The van der Waals surface area contributed by atoms with Crippen LogP contribution in [-0.2, 0) is 24.2 Å². The molecule has 0 aromatic heterocycles. The van der Waals surface area contributed by atoms with Crippen LogP contribution in [0.25, 0.3) is 0 Å². The van der Waals surface area contributed by atoms with Gasteiger partial charge in [0.15, 0.2) is 0 Å². The van der Waals surface area contributed by atoms with Gasteiger partial charge in [-0.2, -0.15) is 65.9 Å². The molecule has 15 heteroatoms. The predicted octanol–water partition coefficient (Wildman–Crippen LogP) is 7.81. The Balaban J connectivity index is 4.20. The van der Waals surface area contributed by atoms with E-state index < -0.39 is 89.9 Å². The van der Waals surface area contributed by atoms with Gasteiger partial charge in [-0.05, 0) is 30.5 Å². The molecule has 0 aliphatic rings. The molecule has 0 unspecified atom stereocenters. The van der Waals surface area contributed by atoms with E-state index in [2.05, 4.69) is 6.92 Å². The van der Waals surface area contributed by atoms with Crippen LogP contribution >= 0.6 is 0 Å². The van der Waals surface area contributed by atoms with Crippen molar-refractivity contribution in [2.45, 2.75) is 55.6 Å². The molecule has 1 aromatic rings. The fourth-order valence-electron chi connectivity index (χ4n) is 2.45. The predicted molar refractivity (Wildman–Crippen MR) is 74.6 cm³/mol. The second-order valence-electron chi connectivity index (χ2n) is 6.22. The molecule has 0 fully saturated rings. The first-order valence-electron chi connectivity index (χ1n) is 7.84. The Hall–Kier alpha value is -1.83. The first-order valence-corrected chi connectivity index (χ1v) is 7.84. The molecule has 0 atom stereocenters. The van der Waals surface area contributed by atoms with Crippen LogP contribution in [0.1, 0.15) is 35.1 Å². The number of hydrogen-bond donors (Lipinski definition) is 0. The molecule has 0 nitrogen and oxygen atoms in total. The van der Waals surface area contributed by atoms with E-state index in [1.54, 1.807) is 0 Å². The van der Waals surface area contributed by atoms with E-state index >= 15 is 0 Å². The lowest BCUT2D eigenvalue weighted by atomic mass is 9.86. The maximum absolute atomic E-state index is 13.9. The van der Waals surface area contributed by atoms with Gasteiger partial charge in [0.1, 0.15) is 0 Å². The minimum absolute atomic E-state index is 0.394. The lowest BCUT2D eigenvalue weighted by Crippen LogP contribution is -2.40. The highest BCUT2D eigenvalue weighted by molar-refractivity contribution is 5.47. The van der Waals surface area contributed by atoms with Crippen molar-refractivity contribution in [2.24, 2.45) is 0 Å². The van der Waals surface area contributed by atoms with E-state index in [1.807, 2.05) is 0 Å². The molecule has 1 rings (SSSR count). The van der Waals surface area contributed by atoms with Gasteiger partial charge in [0.2, 0.25) is 0 Å². The normalized spacial score (nSPS) is 14.8. The second kappa shape index (κ2) is 7.94. The molecule has 0 spiro atoms. The summed E-state index contributed by atoms with van der Waals surface area (Å²) in [6.45, 7) is 3.08. The maximum Gasteiger partial charge on any atom is 0.458 e. The summed E-state index contributed by atoms with van der Waals surface area (Å²) in [6, 6.07) is -2.12. The summed E-state index contributed by atoms with van der Waals surface area (Å²) in [7, 11) is 0. The first kappa shape index (κ1) is 27.2. The van der Waals surface area contributed by atoms with Crippen molar-refractivity contribution in [1.29, 1.82) is 0 Å². The highest BCUT2D eigenvalue weighted by Gasteiger charge is 2.65. The van der Waals surface area contributed by atoms with Gasteiger partial charge in [0.25, 0.3) is 0 Å². The average molecular weight is 487 g/mol. The minimum Gasteiger partial charge on any atom is -0.191 e. The van der Waals surface area contributed by atoms with E-state index in [0.29, 0.717) is 0 Å². The van der Waals surface area contributed by atoms with Crippen molar-refractivity contribution >= 4 is 0 Å². The number of benzene rings is 1. The molecule has 1 radical (unpaired) electrons. The van der Waals surface area contributed by atoms with Crippen LogP contribution in [0, 0.1) is 6.92 Å². The van der Waals surface area contributed by atoms with Crippen LogP contribution in [0.3, 0.4) is 0 Å². The van der Waals surface area contributed by atoms with Crippen molar-refractivity contribution in [3.05, 3.63) is 41.3 Å². The smallest absolute Gasteiger partial charge is 0.191 e. The summed E-state index contributed by atoms with van der Waals surface area (Å²) < 4.78 is 197. The van der Waals surface area contributed by atoms with Gasteiger partial charge in [0.05, 0.1) is 0 Å². The third-order valence-electron chi connectivity index (χ3n) is 4.03. The van der Waals surface area contributed by atoms with Crippen molar-refractivity contribution in [3.63, 3.8) is 0 Å². The third kappa shape index (κ3) is 4.83. The summed E-state index contributed by atoms with van der Waals surface area (Å²) in [6.07, 6.45) is -22.6. The fraction of sp³-hybridized carbons (Fsp3) is 0.562. The van der Waals surface area contributed by atoms with Gasteiger partial charge in [-0.3, -0.25) is 0 Å². The summed E-state index contributed by atoms with van der Waals surface area (Å²) in [5.74, 6) is -19.0. The zero-order valence-corrected chi connectivity index (χ0v) is 14.7. The number of unbranched alkanes of at least 4 members (excludes halogenated alkanes) is 1. The molecule has 0 saturated carbocycles. The SMILES string of the molecule is [CH2]CCCc1c(C(F)(F)C(F)(F)F)cc(C(F)(F)C(F)(F)F)cc1C(F)(F)C(F)(F)F. The first-order chi connectivity index (χ1) is 13.5. The quantitative estimate of drug-likeness (QED) is 0.359. The number of hydrogen-bond acceptors (Lipinski definition) is 0. The molecule has 0 saturated heterocycles. The average Bonchev–Trinajstić information content (AvgIpc) is 2.55. The van der Waals surface area contributed by atoms with Crippen LogP contribution in [-0.4, -0.2) is 18.5 Å². The Morgan fingerprint density at radius 3 is 1.13 bits per heavy atom. The van der Waals surface area contributed by atoms with Crippen molar-refractivity contribution in [3.8, 4) is 0 Å². The van der Waals surface area contributed by atoms with Crippen LogP contribution in [0.15, 0.2) is 12.1 Å². The van der Waals surface area contributed by atoms with Gasteiger partial charge in [-0.15, -0.1) is 0 Å². The lowest BCUT2D eigenvalue weighted by molar-refractivity contribution is -0.295. The molecule has 0 amide bonds. The fourth-order valence-corrected chi connectivity index (χ4v) is 2.45. The minimum atomic E-state index is -6.72. The summed E-state index contributed by atoms with van der Waals surface area (Å²) in [5.41, 5.74) is -10.7. The van der Waals surface area contributed by atoms with Crippen LogP contribution in [0.5, 0.6) is 0 Å². The van der Waals surface area contributed by atoms with Gasteiger partial charge in [0, 0.05) is 16.7 Å². The van der Waals surface area contributed by atoms with Crippen LogP contribution in [0.2, 0.25) is 0 Å². The maximum atomic E-state index is 13.9. The van der Waals surface area contributed by atoms with Gasteiger partial charge in [-0.1, -0.05) is 13.3 Å². The van der Waals surface area contributed by atoms with E-state index in [9.17, 15) is 65.9 Å². The highest BCUT2D eigenvalue weighted by Crippen LogP contribution is 2.53. The molecule has 1 aromatic carbocycles. The summed E-state index contributed by atoms with van der Waals surface area (Å²) in [4.78, 5) is 0. The van der Waals surface area contributed by atoms with Gasteiger partial charge >= 0.3 is 36.3 Å².